The number of nitrogens with zero attached hydrogens (tertiary/aromatic N) is 2. The molecule has 1 N–H and O–H groups in total. The van der Waals surface area contributed by atoms with Gasteiger partial charge >= 0.3 is 0 Å². The van der Waals surface area contributed by atoms with Crippen molar-refractivity contribution in [1.29, 1.82) is 0 Å². The van der Waals surface area contributed by atoms with Crippen molar-refractivity contribution in [3.05, 3.63) is 44.9 Å². The molecule has 0 aliphatic rings. The predicted molar refractivity (Wildman–Crippen MR) is 83.6 cm³/mol. The van der Waals surface area contributed by atoms with E-state index in [0.29, 0.717) is 6.04 Å². The highest BCUT2D eigenvalue weighted by atomic mass is 79.9. The molecule has 2 aromatic rings. The van der Waals surface area contributed by atoms with Crippen LogP contribution in [0.3, 0.4) is 0 Å². The molecule has 1 heterocycles. The van der Waals surface area contributed by atoms with Crippen LogP contribution in [0.5, 0.6) is 0 Å². The molecule has 102 valence electrons. The SMILES string of the molecule is CCNC(Cc1cccc(Br)c1)c1snnc1CC. The van der Waals surface area contributed by atoms with E-state index in [1.165, 1.54) is 22.0 Å². The number of hydrogen-bond donors (Lipinski definition) is 1. The van der Waals surface area contributed by atoms with Crippen molar-refractivity contribution in [2.24, 2.45) is 0 Å². The standard InChI is InChI=1S/C14H18BrN3S/c1-3-12-14(19-18-17-12)13(16-4-2)9-10-6-5-7-11(15)8-10/h5-8,13,16H,3-4,9H2,1-2H3. The number of rotatable bonds is 6. The zero-order valence-corrected chi connectivity index (χ0v) is 13.6. The lowest BCUT2D eigenvalue weighted by Gasteiger charge is -2.17. The number of aryl methyl sites for hydroxylation is 1. The van der Waals surface area contributed by atoms with Crippen molar-refractivity contribution in [1.82, 2.24) is 14.9 Å². The highest BCUT2D eigenvalue weighted by Crippen LogP contribution is 2.25. The summed E-state index contributed by atoms with van der Waals surface area (Å²) in [5.74, 6) is 0. The van der Waals surface area contributed by atoms with Gasteiger partial charge in [0.05, 0.1) is 10.6 Å². The minimum atomic E-state index is 0.300. The van der Waals surface area contributed by atoms with E-state index in [4.69, 9.17) is 0 Å². The van der Waals surface area contributed by atoms with Crippen LogP contribution in [-0.4, -0.2) is 16.1 Å². The van der Waals surface area contributed by atoms with Crippen molar-refractivity contribution < 1.29 is 0 Å². The lowest BCUT2D eigenvalue weighted by atomic mass is 10.0. The molecular weight excluding hydrogens is 322 g/mol. The maximum atomic E-state index is 4.22. The van der Waals surface area contributed by atoms with E-state index in [0.717, 1.165) is 29.6 Å². The van der Waals surface area contributed by atoms with Gasteiger partial charge in [-0.3, -0.25) is 0 Å². The molecule has 19 heavy (non-hydrogen) atoms. The minimum Gasteiger partial charge on any atom is -0.309 e. The summed E-state index contributed by atoms with van der Waals surface area (Å²) >= 11 is 5.04. The number of halogens is 1. The maximum absolute atomic E-state index is 4.22. The number of nitrogens with one attached hydrogen (secondary N) is 1. The van der Waals surface area contributed by atoms with Gasteiger partial charge in [-0.1, -0.05) is 46.4 Å². The van der Waals surface area contributed by atoms with Crippen molar-refractivity contribution in [3.63, 3.8) is 0 Å². The second-order valence-electron chi connectivity index (χ2n) is 4.38. The molecular formula is C14H18BrN3S. The van der Waals surface area contributed by atoms with Gasteiger partial charge in [-0.05, 0) is 48.6 Å². The van der Waals surface area contributed by atoms with Crippen molar-refractivity contribution in [2.75, 3.05) is 6.54 Å². The first-order chi connectivity index (χ1) is 9.24. The van der Waals surface area contributed by atoms with E-state index in [-0.39, 0.29) is 0 Å². The Hall–Kier alpha value is -0.780. The van der Waals surface area contributed by atoms with Crippen LogP contribution in [-0.2, 0) is 12.8 Å². The third-order valence-electron chi connectivity index (χ3n) is 3.02. The van der Waals surface area contributed by atoms with E-state index < -0.39 is 0 Å². The molecule has 0 saturated heterocycles. The lowest BCUT2D eigenvalue weighted by molar-refractivity contribution is 0.553. The first-order valence-electron chi connectivity index (χ1n) is 6.53. The van der Waals surface area contributed by atoms with Gasteiger partial charge in [0, 0.05) is 10.5 Å². The Kier molecular flexibility index (Phi) is 5.48. The van der Waals surface area contributed by atoms with E-state index in [9.17, 15) is 0 Å². The molecule has 1 aromatic carbocycles. The molecule has 0 spiro atoms. The molecule has 0 fully saturated rings. The molecule has 1 unspecified atom stereocenters. The number of aromatic nitrogens is 2. The van der Waals surface area contributed by atoms with E-state index in [1.807, 2.05) is 0 Å². The van der Waals surface area contributed by atoms with E-state index >= 15 is 0 Å². The van der Waals surface area contributed by atoms with Gasteiger partial charge in [0.25, 0.3) is 0 Å². The molecule has 0 saturated carbocycles. The Morgan fingerprint density at radius 2 is 2.21 bits per heavy atom. The fourth-order valence-electron chi connectivity index (χ4n) is 2.13. The fourth-order valence-corrected chi connectivity index (χ4v) is 3.39. The number of hydrogen-bond acceptors (Lipinski definition) is 4. The first-order valence-corrected chi connectivity index (χ1v) is 8.10. The summed E-state index contributed by atoms with van der Waals surface area (Å²) < 4.78 is 5.22. The summed E-state index contributed by atoms with van der Waals surface area (Å²) in [6.07, 6.45) is 1.90. The topological polar surface area (TPSA) is 37.8 Å². The third kappa shape index (κ3) is 3.84. The Morgan fingerprint density at radius 1 is 1.37 bits per heavy atom. The largest absolute Gasteiger partial charge is 0.309 e. The molecule has 0 aliphatic carbocycles. The second kappa shape index (κ2) is 7.12. The Bertz CT molecular complexity index is 527. The second-order valence-corrected chi connectivity index (χ2v) is 6.08. The summed E-state index contributed by atoms with van der Waals surface area (Å²) in [5.41, 5.74) is 2.43. The molecule has 2 rings (SSSR count). The fraction of sp³-hybridized carbons (Fsp3) is 0.429. The first kappa shape index (κ1) is 14.6. The van der Waals surface area contributed by atoms with Crippen LogP contribution in [0, 0.1) is 0 Å². The molecule has 0 radical (unpaired) electrons. The molecule has 0 amide bonds. The zero-order chi connectivity index (χ0) is 13.7. The number of likely N-dealkylation sites (N-methyl/N-ethyl adjacent to an activating group) is 1. The van der Waals surface area contributed by atoms with Gasteiger partial charge in [0.2, 0.25) is 0 Å². The third-order valence-corrected chi connectivity index (χ3v) is 4.39. The van der Waals surface area contributed by atoms with Crippen molar-refractivity contribution >= 4 is 27.5 Å². The summed E-state index contributed by atoms with van der Waals surface area (Å²) in [4.78, 5) is 1.27. The molecule has 5 heteroatoms. The Labute approximate surface area is 126 Å². The lowest BCUT2D eigenvalue weighted by Crippen LogP contribution is -2.23. The Balaban J connectivity index is 2.21. The quantitative estimate of drug-likeness (QED) is 0.870. The normalized spacial score (nSPS) is 12.6. The molecule has 1 aromatic heterocycles. The van der Waals surface area contributed by atoms with Crippen LogP contribution in [0.4, 0.5) is 0 Å². The van der Waals surface area contributed by atoms with Gasteiger partial charge in [-0.2, -0.15) is 0 Å². The van der Waals surface area contributed by atoms with Gasteiger partial charge in [-0.15, -0.1) is 5.10 Å². The Morgan fingerprint density at radius 3 is 2.89 bits per heavy atom. The molecule has 1 atom stereocenters. The van der Waals surface area contributed by atoms with Crippen LogP contribution in [0.1, 0.15) is 36.0 Å². The summed E-state index contributed by atoms with van der Waals surface area (Å²) in [6.45, 7) is 5.20. The van der Waals surface area contributed by atoms with E-state index in [2.05, 4.69) is 68.9 Å². The maximum Gasteiger partial charge on any atom is 0.0801 e. The number of benzene rings is 1. The van der Waals surface area contributed by atoms with Gasteiger partial charge < -0.3 is 5.32 Å². The van der Waals surface area contributed by atoms with Crippen molar-refractivity contribution in [3.8, 4) is 0 Å². The van der Waals surface area contributed by atoms with Crippen LogP contribution in [0.25, 0.3) is 0 Å². The monoisotopic (exact) mass is 339 g/mol. The van der Waals surface area contributed by atoms with Gasteiger partial charge in [0.1, 0.15) is 0 Å². The van der Waals surface area contributed by atoms with Crippen LogP contribution in [0.2, 0.25) is 0 Å². The van der Waals surface area contributed by atoms with E-state index in [1.54, 1.807) is 0 Å². The molecule has 0 bridgehead atoms. The van der Waals surface area contributed by atoms with Crippen LogP contribution < -0.4 is 5.32 Å². The summed E-state index contributed by atoms with van der Waals surface area (Å²) in [6, 6.07) is 8.76. The van der Waals surface area contributed by atoms with Crippen LogP contribution in [0.15, 0.2) is 28.7 Å². The van der Waals surface area contributed by atoms with Crippen molar-refractivity contribution in [2.45, 2.75) is 32.7 Å². The highest BCUT2D eigenvalue weighted by Gasteiger charge is 2.18. The average molecular weight is 340 g/mol. The smallest absolute Gasteiger partial charge is 0.0801 e. The molecule has 3 nitrogen and oxygen atoms in total. The summed E-state index contributed by atoms with van der Waals surface area (Å²) in [7, 11) is 0. The zero-order valence-electron chi connectivity index (χ0n) is 11.2. The van der Waals surface area contributed by atoms with Gasteiger partial charge in [0.15, 0.2) is 0 Å². The summed E-state index contributed by atoms with van der Waals surface area (Å²) in [5, 5.41) is 7.76. The average Bonchev–Trinajstić information content (AvgIpc) is 2.86. The van der Waals surface area contributed by atoms with Gasteiger partial charge in [-0.25, -0.2) is 0 Å². The molecule has 0 aliphatic heterocycles. The minimum absolute atomic E-state index is 0.300. The van der Waals surface area contributed by atoms with Crippen LogP contribution >= 0.6 is 27.5 Å². The highest BCUT2D eigenvalue weighted by molar-refractivity contribution is 9.10. The predicted octanol–water partition coefficient (Wildman–Crippen LogP) is 3.76.